The van der Waals surface area contributed by atoms with E-state index in [1.54, 1.807) is 7.11 Å². The van der Waals surface area contributed by atoms with Crippen molar-refractivity contribution in [3.63, 3.8) is 0 Å². The molecular weight excluding hydrogens is 156 g/mol. The van der Waals surface area contributed by atoms with Gasteiger partial charge in [0.2, 0.25) is 0 Å². The smallest absolute Gasteiger partial charge is 0.331 e. The Morgan fingerprint density at radius 3 is 3.25 bits per heavy atom. The van der Waals surface area contributed by atoms with Crippen molar-refractivity contribution in [3.8, 4) is 0 Å². The molecule has 2 rings (SSSR count). The average Bonchev–Trinajstić information content (AvgIpc) is 2.43. The van der Waals surface area contributed by atoms with Crippen LogP contribution in [0.2, 0.25) is 0 Å². The van der Waals surface area contributed by atoms with E-state index in [4.69, 9.17) is 9.47 Å². The van der Waals surface area contributed by atoms with Crippen LogP contribution >= 0.6 is 0 Å². The third-order valence-corrected chi connectivity index (χ3v) is 2.17. The van der Waals surface area contributed by atoms with Gasteiger partial charge in [0.15, 0.2) is 0 Å². The van der Waals surface area contributed by atoms with Crippen LogP contribution in [0.15, 0.2) is 23.8 Å². The van der Waals surface area contributed by atoms with Gasteiger partial charge in [0, 0.05) is 19.6 Å². The molecule has 3 nitrogen and oxygen atoms in total. The lowest BCUT2D eigenvalue weighted by Gasteiger charge is -2.21. The zero-order valence-electron chi connectivity index (χ0n) is 6.82. The maximum Gasteiger partial charge on any atom is 0.331 e. The molecule has 0 saturated carbocycles. The van der Waals surface area contributed by atoms with Gasteiger partial charge in [-0.1, -0.05) is 12.2 Å². The molecule has 3 heteroatoms. The number of methoxy groups -OCH3 is 1. The summed E-state index contributed by atoms with van der Waals surface area (Å²) in [7, 11) is 1.65. The lowest BCUT2D eigenvalue weighted by molar-refractivity contribution is -0.139. The van der Waals surface area contributed by atoms with Crippen molar-refractivity contribution in [2.75, 3.05) is 7.11 Å². The van der Waals surface area contributed by atoms with Crippen LogP contribution in [0.5, 0.6) is 0 Å². The first-order chi connectivity index (χ1) is 5.79. The Kier molecular flexibility index (Phi) is 1.73. The maximum atomic E-state index is 10.8. The van der Waals surface area contributed by atoms with Crippen molar-refractivity contribution in [2.45, 2.75) is 18.6 Å². The third kappa shape index (κ3) is 1.16. The lowest BCUT2D eigenvalue weighted by atomic mass is 9.98. The molecule has 2 atom stereocenters. The number of carbonyl (C=O) groups is 1. The second-order valence-corrected chi connectivity index (χ2v) is 2.94. The first kappa shape index (κ1) is 7.55. The summed E-state index contributed by atoms with van der Waals surface area (Å²) >= 11 is 0. The fourth-order valence-electron chi connectivity index (χ4n) is 1.49. The van der Waals surface area contributed by atoms with Crippen molar-refractivity contribution in [3.05, 3.63) is 23.8 Å². The second-order valence-electron chi connectivity index (χ2n) is 2.94. The number of fused-ring (bicyclic) bond motifs is 1. The molecule has 0 bridgehead atoms. The molecule has 0 saturated heterocycles. The Bertz CT molecular complexity index is 265. The minimum absolute atomic E-state index is 0.0764. The zero-order valence-corrected chi connectivity index (χ0v) is 6.82. The van der Waals surface area contributed by atoms with E-state index < -0.39 is 0 Å². The number of rotatable bonds is 1. The summed E-state index contributed by atoms with van der Waals surface area (Å²) in [4.78, 5) is 10.8. The molecule has 0 aromatic carbocycles. The number of ether oxygens (including phenoxy) is 2. The van der Waals surface area contributed by atoms with E-state index in [0.717, 1.165) is 12.0 Å². The van der Waals surface area contributed by atoms with Gasteiger partial charge in [-0.05, 0) is 5.57 Å². The average molecular weight is 166 g/mol. The van der Waals surface area contributed by atoms with Crippen LogP contribution < -0.4 is 0 Å². The summed E-state index contributed by atoms with van der Waals surface area (Å²) in [5, 5.41) is 0. The van der Waals surface area contributed by atoms with Crippen molar-refractivity contribution in [1.29, 1.82) is 0 Å². The van der Waals surface area contributed by atoms with Crippen LogP contribution in [0.3, 0.4) is 0 Å². The predicted octanol–water partition coefficient (Wildman–Crippen LogP) is 0.813. The summed E-state index contributed by atoms with van der Waals surface area (Å²) in [6.07, 6.45) is 6.13. The Balaban J connectivity index is 2.17. The molecule has 1 heterocycles. The quantitative estimate of drug-likeness (QED) is 0.541. The largest absolute Gasteiger partial charge is 0.454 e. The fourth-order valence-corrected chi connectivity index (χ4v) is 1.49. The molecular formula is C9H10O3. The van der Waals surface area contributed by atoms with Crippen LogP contribution in [-0.2, 0) is 14.3 Å². The van der Waals surface area contributed by atoms with Gasteiger partial charge in [-0.15, -0.1) is 0 Å². The molecule has 2 aliphatic rings. The van der Waals surface area contributed by atoms with E-state index in [0.29, 0.717) is 0 Å². The maximum absolute atomic E-state index is 10.8. The first-order valence-electron chi connectivity index (χ1n) is 3.93. The van der Waals surface area contributed by atoms with Gasteiger partial charge >= 0.3 is 5.97 Å². The van der Waals surface area contributed by atoms with Crippen LogP contribution in [-0.4, -0.2) is 25.3 Å². The molecule has 2 unspecified atom stereocenters. The van der Waals surface area contributed by atoms with Crippen molar-refractivity contribution >= 4 is 5.97 Å². The zero-order chi connectivity index (χ0) is 8.55. The lowest BCUT2D eigenvalue weighted by Crippen LogP contribution is -2.23. The standard InChI is InChI=1S/C9H10O3/c1-11-7-3-2-6-4-9(10)12-8(6)5-7/h2-4,7-8H,5H2,1H3. The summed E-state index contributed by atoms with van der Waals surface area (Å²) in [6, 6.07) is 0. The Morgan fingerprint density at radius 2 is 2.50 bits per heavy atom. The fraction of sp³-hybridized carbons (Fsp3) is 0.444. The van der Waals surface area contributed by atoms with Gasteiger partial charge in [0.25, 0.3) is 0 Å². The van der Waals surface area contributed by atoms with E-state index in [9.17, 15) is 4.79 Å². The molecule has 0 fully saturated rings. The molecule has 0 radical (unpaired) electrons. The van der Waals surface area contributed by atoms with Crippen LogP contribution in [0.25, 0.3) is 0 Å². The molecule has 0 spiro atoms. The molecule has 12 heavy (non-hydrogen) atoms. The highest BCUT2D eigenvalue weighted by Gasteiger charge is 2.29. The van der Waals surface area contributed by atoms with E-state index in [-0.39, 0.29) is 18.2 Å². The minimum atomic E-state index is -0.239. The van der Waals surface area contributed by atoms with Crippen LogP contribution in [0.1, 0.15) is 6.42 Å². The Labute approximate surface area is 70.7 Å². The summed E-state index contributed by atoms with van der Waals surface area (Å²) < 4.78 is 10.2. The topological polar surface area (TPSA) is 35.5 Å². The molecule has 0 amide bonds. The number of esters is 1. The van der Waals surface area contributed by atoms with E-state index >= 15 is 0 Å². The molecule has 1 aliphatic heterocycles. The van der Waals surface area contributed by atoms with E-state index in [2.05, 4.69) is 0 Å². The molecule has 0 N–H and O–H groups in total. The highest BCUT2D eigenvalue weighted by atomic mass is 16.5. The van der Waals surface area contributed by atoms with Crippen molar-refractivity contribution < 1.29 is 14.3 Å². The summed E-state index contributed by atoms with van der Waals surface area (Å²) in [5.41, 5.74) is 0.966. The van der Waals surface area contributed by atoms with Gasteiger partial charge in [-0.25, -0.2) is 4.79 Å². The van der Waals surface area contributed by atoms with Gasteiger partial charge in [-0.3, -0.25) is 0 Å². The predicted molar refractivity (Wildman–Crippen MR) is 42.5 cm³/mol. The summed E-state index contributed by atoms with van der Waals surface area (Å²) in [6.45, 7) is 0. The van der Waals surface area contributed by atoms with E-state index in [1.807, 2.05) is 12.2 Å². The molecule has 0 aromatic rings. The first-order valence-corrected chi connectivity index (χ1v) is 3.93. The highest BCUT2D eigenvalue weighted by molar-refractivity contribution is 5.86. The van der Waals surface area contributed by atoms with Crippen LogP contribution in [0, 0.1) is 0 Å². The number of carbonyl (C=O) groups excluding carboxylic acids is 1. The normalized spacial score (nSPS) is 32.8. The van der Waals surface area contributed by atoms with Gasteiger partial charge < -0.3 is 9.47 Å². The number of hydrogen-bond donors (Lipinski definition) is 0. The minimum Gasteiger partial charge on any atom is -0.454 e. The van der Waals surface area contributed by atoms with Crippen molar-refractivity contribution in [1.82, 2.24) is 0 Å². The SMILES string of the molecule is COC1C=CC2=CC(=O)OC2C1. The summed E-state index contributed by atoms with van der Waals surface area (Å²) in [5.74, 6) is -0.239. The van der Waals surface area contributed by atoms with Gasteiger partial charge in [0.05, 0.1) is 6.10 Å². The second kappa shape index (κ2) is 2.75. The molecule has 1 aliphatic carbocycles. The van der Waals surface area contributed by atoms with E-state index in [1.165, 1.54) is 6.08 Å². The monoisotopic (exact) mass is 166 g/mol. The molecule has 64 valence electrons. The third-order valence-electron chi connectivity index (χ3n) is 2.17. The highest BCUT2D eigenvalue weighted by Crippen LogP contribution is 2.26. The number of hydrogen-bond acceptors (Lipinski definition) is 3. The van der Waals surface area contributed by atoms with Gasteiger partial charge in [-0.2, -0.15) is 0 Å². The van der Waals surface area contributed by atoms with Crippen molar-refractivity contribution in [2.24, 2.45) is 0 Å². The van der Waals surface area contributed by atoms with Crippen LogP contribution in [0.4, 0.5) is 0 Å². The van der Waals surface area contributed by atoms with Gasteiger partial charge in [0.1, 0.15) is 6.10 Å². The Hall–Kier alpha value is -1.09. The Morgan fingerprint density at radius 1 is 1.67 bits per heavy atom. The molecule has 0 aromatic heterocycles.